The first-order chi connectivity index (χ1) is 9.04. The minimum Gasteiger partial charge on any atom is -0.483 e. The normalized spacial score (nSPS) is 21.6. The molecule has 0 radical (unpaired) electrons. The highest BCUT2D eigenvalue weighted by molar-refractivity contribution is 5.77. The minimum atomic E-state index is -0.173. The lowest BCUT2D eigenvalue weighted by molar-refractivity contribution is -0.123. The zero-order valence-electron chi connectivity index (χ0n) is 11.5. The SMILES string of the molecule is Cc1ccc(C)c(OCC(=O)NCC2CC(O)C2)c1. The molecule has 4 heteroatoms. The monoisotopic (exact) mass is 263 g/mol. The van der Waals surface area contributed by atoms with Crippen LogP contribution in [0.25, 0.3) is 0 Å². The molecule has 0 heterocycles. The molecular formula is C15H21NO3. The molecule has 1 fully saturated rings. The van der Waals surface area contributed by atoms with E-state index < -0.39 is 0 Å². The standard InChI is InChI=1S/C15H21NO3/c1-10-3-4-11(2)14(5-10)19-9-15(18)16-8-12-6-13(17)7-12/h3-5,12-13,17H,6-9H2,1-2H3,(H,16,18). The van der Waals surface area contributed by atoms with Crippen molar-refractivity contribution in [1.82, 2.24) is 5.32 Å². The van der Waals surface area contributed by atoms with Crippen LogP contribution >= 0.6 is 0 Å². The Labute approximate surface area is 113 Å². The number of ether oxygens (including phenoxy) is 1. The molecular weight excluding hydrogens is 242 g/mol. The molecule has 1 aromatic carbocycles. The first kappa shape index (κ1) is 13.9. The third-order valence-corrected chi connectivity index (χ3v) is 3.50. The molecule has 0 bridgehead atoms. The van der Waals surface area contributed by atoms with Crippen LogP contribution in [-0.2, 0) is 4.79 Å². The lowest BCUT2D eigenvalue weighted by Gasteiger charge is -2.31. The van der Waals surface area contributed by atoms with Gasteiger partial charge in [0.05, 0.1) is 6.10 Å². The Morgan fingerprint density at radius 2 is 2.16 bits per heavy atom. The maximum atomic E-state index is 11.6. The molecule has 1 aromatic rings. The molecule has 0 aromatic heterocycles. The fourth-order valence-electron chi connectivity index (χ4n) is 2.18. The summed E-state index contributed by atoms with van der Waals surface area (Å²) in [6, 6.07) is 5.94. The topological polar surface area (TPSA) is 58.6 Å². The number of aliphatic hydroxyl groups is 1. The molecule has 0 unspecified atom stereocenters. The minimum absolute atomic E-state index is 0.0412. The van der Waals surface area contributed by atoms with Gasteiger partial charge in [-0.1, -0.05) is 12.1 Å². The zero-order chi connectivity index (χ0) is 13.8. The third kappa shape index (κ3) is 3.96. The van der Waals surface area contributed by atoms with Crippen molar-refractivity contribution in [2.75, 3.05) is 13.2 Å². The number of carbonyl (C=O) groups is 1. The van der Waals surface area contributed by atoms with Gasteiger partial charge in [-0.15, -0.1) is 0 Å². The van der Waals surface area contributed by atoms with Gasteiger partial charge in [-0.3, -0.25) is 4.79 Å². The molecule has 0 aliphatic heterocycles. The Morgan fingerprint density at radius 3 is 2.84 bits per heavy atom. The van der Waals surface area contributed by atoms with E-state index in [1.807, 2.05) is 32.0 Å². The molecule has 2 N–H and O–H groups in total. The van der Waals surface area contributed by atoms with E-state index in [9.17, 15) is 4.79 Å². The molecule has 1 saturated carbocycles. The molecule has 1 aliphatic carbocycles. The van der Waals surface area contributed by atoms with Crippen molar-refractivity contribution in [3.05, 3.63) is 29.3 Å². The number of hydrogen-bond donors (Lipinski definition) is 2. The lowest BCUT2D eigenvalue weighted by Crippen LogP contribution is -2.40. The number of nitrogens with one attached hydrogen (secondary N) is 1. The average Bonchev–Trinajstić information content (AvgIpc) is 2.34. The summed E-state index contributed by atoms with van der Waals surface area (Å²) in [6.07, 6.45) is 1.41. The summed E-state index contributed by atoms with van der Waals surface area (Å²) in [4.78, 5) is 11.6. The second-order valence-electron chi connectivity index (χ2n) is 5.35. The number of amides is 1. The fourth-order valence-corrected chi connectivity index (χ4v) is 2.18. The van der Waals surface area contributed by atoms with Crippen molar-refractivity contribution < 1.29 is 14.6 Å². The van der Waals surface area contributed by atoms with E-state index in [1.54, 1.807) is 0 Å². The summed E-state index contributed by atoms with van der Waals surface area (Å²) in [6.45, 7) is 4.63. The number of aryl methyl sites for hydroxylation is 2. The predicted molar refractivity (Wildman–Crippen MR) is 73.2 cm³/mol. The Hall–Kier alpha value is -1.55. The van der Waals surface area contributed by atoms with Gasteiger partial charge in [0.2, 0.25) is 0 Å². The summed E-state index contributed by atoms with van der Waals surface area (Å²) in [5.74, 6) is 1.07. The quantitative estimate of drug-likeness (QED) is 0.847. The van der Waals surface area contributed by atoms with Crippen LogP contribution in [0, 0.1) is 19.8 Å². The molecule has 0 atom stereocenters. The molecule has 19 heavy (non-hydrogen) atoms. The third-order valence-electron chi connectivity index (χ3n) is 3.50. The molecule has 2 rings (SSSR count). The summed E-state index contributed by atoms with van der Waals surface area (Å²) < 4.78 is 5.52. The van der Waals surface area contributed by atoms with Crippen molar-refractivity contribution in [3.63, 3.8) is 0 Å². The second-order valence-corrected chi connectivity index (χ2v) is 5.35. The average molecular weight is 263 g/mol. The first-order valence-electron chi connectivity index (χ1n) is 6.69. The van der Waals surface area contributed by atoms with E-state index in [2.05, 4.69) is 5.32 Å². The van der Waals surface area contributed by atoms with Crippen LogP contribution in [0.2, 0.25) is 0 Å². The molecule has 1 aliphatic rings. The molecule has 104 valence electrons. The predicted octanol–water partition coefficient (Wildman–Crippen LogP) is 1.57. The molecule has 1 amide bonds. The first-order valence-corrected chi connectivity index (χ1v) is 6.69. The van der Waals surface area contributed by atoms with E-state index in [0.29, 0.717) is 12.5 Å². The van der Waals surface area contributed by atoms with Crippen LogP contribution in [0.15, 0.2) is 18.2 Å². The van der Waals surface area contributed by atoms with Gasteiger partial charge in [-0.25, -0.2) is 0 Å². The zero-order valence-corrected chi connectivity index (χ0v) is 11.5. The van der Waals surface area contributed by atoms with Crippen molar-refractivity contribution in [3.8, 4) is 5.75 Å². The van der Waals surface area contributed by atoms with Crippen molar-refractivity contribution in [1.29, 1.82) is 0 Å². The van der Waals surface area contributed by atoms with Crippen molar-refractivity contribution in [2.45, 2.75) is 32.8 Å². The Kier molecular flexibility index (Phi) is 4.43. The van der Waals surface area contributed by atoms with Crippen molar-refractivity contribution >= 4 is 5.91 Å². The van der Waals surface area contributed by atoms with Crippen LogP contribution in [0.1, 0.15) is 24.0 Å². The number of carbonyl (C=O) groups excluding carboxylic acids is 1. The summed E-state index contributed by atoms with van der Waals surface area (Å²) in [5, 5.41) is 12.0. The Balaban J connectivity index is 1.72. The van der Waals surface area contributed by atoms with E-state index in [0.717, 1.165) is 29.7 Å². The summed E-state index contributed by atoms with van der Waals surface area (Å²) in [5.41, 5.74) is 2.14. The maximum absolute atomic E-state index is 11.6. The van der Waals surface area contributed by atoms with Crippen molar-refractivity contribution in [2.24, 2.45) is 5.92 Å². The Morgan fingerprint density at radius 1 is 1.42 bits per heavy atom. The highest BCUT2D eigenvalue weighted by Crippen LogP contribution is 2.26. The van der Waals surface area contributed by atoms with Gasteiger partial charge in [0.15, 0.2) is 6.61 Å². The number of rotatable bonds is 5. The smallest absolute Gasteiger partial charge is 0.257 e. The summed E-state index contributed by atoms with van der Waals surface area (Å²) >= 11 is 0. The largest absolute Gasteiger partial charge is 0.483 e. The van der Waals surface area contributed by atoms with Gasteiger partial charge in [0.1, 0.15) is 5.75 Å². The highest BCUT2D eigenvalue weighted by Gasteiger charge is 2.27. The van der Waals surface area contributed by atoms with Crippen LogP contribution in [0.3, 0.4) is 0 Å². The van der Waals surface area contributed by atoms with Crippen LogP contribution < -0.4 is 10.1 Å². The Bertz CT molecular complexity index is 453. The van der Waals surface area contributed by atoms with Gasteiger partial charge < -0.3 is 15.2 Å². The van der Waals surface area contributed by atoms with Gasteiger partial charge in [0, 0.05) is 6.54 Å². The van der Waals surface area contributed by atoms with Crippen LogP contribution in [0.5, 0.6) is 5.75 Å². The molecule has 4 nitrogen and oxygen atoms in total. The van der Waals surface area contributed by atoms with Gasteiger partial charge in [-0.2, -0.15) is 0 Å². The highest BCUT2D eigenvalue weighted by atomic mass is 16.5. The summed E-state index contributed by atoms with van der Waals surface area (Å²) in [7, 11) is 0. The second kappa shape index (κ2) is 6.06. The van der Waals surface area contributed by atoms with E-state index >= 15 is 0 Å². The van der Waals surface area contributed by atoms with Crippen LogP contribution in [-0.4, -0.2) is 30.3 Å². The fraction of sp³-hybridized carbons (Fsp3) is 0.533. The number of aliphatic hydroxyl groups excluding tert-OH is 1. The molecule has 0 spiro atoms. The van der Waals surface area contributed by atoms with Crippen LogP contribution in [0.4, 0.5) is 0 Å². The lowest BCUT2D eigenvalue weighted by atomic mass is 9.82. The van der Waals surface area contributed by atoms with E-state index in [1.165, 1.54) is 0 Å². The molecule has 0 saturated heterocycles. The maximum Gasteiger partial charge on any atom is 0.257 e. The van der Waals surface area contributed by atoms with E-state index in [-0.39, 0.29) is 18.6 Å². The number of benzene rings is 1. The van der Waals surface area contributed by atoms with Gasteiger partial charge in [-0.05, 0) is 49.8 Å². The van der Waals surface area contributed by atoms with E-state index in [4.69, 9.17) is 9.84 Å². The number of hydrogen-bond acceptors (Lipinski definition) is 3. The van der Waals surface area contributed by atoms with Gasteiger partial charge >= 0.3 is 0 Å². The van der Waals surface area contributed by atoms with Gasteiger partial charge in [0.25, 0.3) is 5.91 Å².